The normalized spacial score (nSPS) is 10.8. The highest BCUT2D eigenvalue weighted by Crippen LogP contribution is 2.32. The van der Waals surface area contributed by atoms with Gasteiger partial charge < -0.3 is 4.74 Å². The Morgan fingerprint density at radius 3 is 2.64 bits per heavy atom. The number of aromatic nitrogens is 2. The summed E-state index contributed by atoms with van der Waals surface area (Å²) in [5, 5.41) is 6.13. The first kappa shape index (κ1) is 15.7. The smallest absolute Gasteiger partial charge is 0.257 e. The van der Waals surface area contributed by atoms with Gasteiger partial charge in [0, 0.05) is 10.9 Å². The van der Waals surface area contributed by atoms with Crippen molar-refractivity contribution in [3.63, 3.8) is 0 Å². The summed E-state index contributed by atoms with van der Waals surface area (Å²) >= 11 is 2.97. The van der Waals surface area contributed by atoms with E-state index in [-0.39, 0.29) is 5.91 Å². The second kappa shape index (κ2) is 6.62. The van der Waals surface area contributed by atoms with Crippen LogP contribution in [0.5, 0.6) is 5.75 Å². The summed E-state index contributed by atoms with van der Waals surface area (Å²) in [5.41, 5.74) is 2.29. The molecular formula is C18H13N3O2S2. The predicted molar refractivity (Wildman–Crippen MR) is 102 cm³/mol. The van der Waals surface area contributed by atoms with Crippen LogP contribution in [-0.2, 0) is 0 Å². The molecule has 0 aliphatic rings. The van der Waals surface area contributed by atoms with E-state index < -0.39 is 0 Å². The first-order chi connectivity index (χ1) is 12.2. The summed E-state index contributed by atoms with van der Waals surface area (Å²) < 4.78 is 6.22. The fourth-order valence-electron chi connectivity index (χ4n) is 2.32. The van der Waals surface area contributed by atoms with Crippen LogP contribution in [0, 0.1) is 0 Å². The van der Waals surface area contributed by atoms with Crippen molar-refractivity contribution in [1.82, 2.24) is 9.97 Å². The number of thiazole rings is 2. The van der Waals surface area contributed by atoms with Gasteiger partial charge >= 0.3 is 0 Å². The second-order valence-electron chi connectivity index (χ2n) is 5.21. The van der Waals surface area contributed by atoms with Crippen molar-refractivity contribution >= 4 is 43.9 Å². The van der Waals surface area contributed by atoms with Crippen LogP contribution in [0.4, 0.5) is 5.13 Å². The molecule has 0 aliphatic heterocycles. The van der Waals surface area contributed by atoms with Gasteiger partial charge in [-0.05, 0) is 36.4 Å². The average molecular weight is 367 g/mol. The van der Waals surface area contributed by atoms with Gasteiger partial charge in [-0.3, -0.25) is 10.1 Å². The van der Waals surface area contributed by atoms with Crippen molar-refractivity contribution in [3.8, 4) is 16.5 Å². The van der Waals surface area contributed by atoms with Gasteiger partial charge in [0.1, 0.15) is 16.5 Å². The first-order valence-electron chi connectivity index (χ1n) is 7.50. The number of hydrogen-bond acceptors (Lipinski definition) is 6. The third kappa shape index (κ3) is 3.24. The summed E-state index contributed by atoms with van der Waals surface area (Å²) in [6, 6.07) is 14.9. The van der Waals surface area contributed by atoms with Gasteiger partial charge in [0.2, 0.25) is 0 Å². The number of anilines is 1. The van der Waals surface area contributed by atoms with Crippen molar-refractivity contribution in [3.05, 3.63) is 59.5 Å². The molecule has 0 unspecified atom stereocenters. The Hall–Kier alpha value is -2.77. The third-order valence-corrected chi connectivity index (χ3v) is 5.41. The van der Waals surface area contributed by atoms with Gasteiger partial charge in [0.25, 0.3) is 5.91 Å². The zero-order valence-electron chi connectivity index (χ0n) is 13.2. The van der Waals surface area contributed by atoms with Crippen LogP contribution in [0.1, 0.15) is 10.4 Å². The summed E-state index contributed by atoms with van der Waals surface area (Å²) in [5.74, 6) is 0.511. The zero-order chi connectivity index (χ0) is 17.2. The fraction of sp³-hybridized carbons (Fsp3) is 0.0556. The molecule has 0 fully saturated rings. The number of rotatable bonds is 4. The Bertz CT molecular complexity index is 1000. The van der Waals surface area contributed by atoms with Crippen LogP contribution in [-0.4, -0.2) is 23.0 Å². The molecule has 1 N–H and O–H groups in total. The maximum atomic E-state index is 12.3. The quantitative estimate of drug-likeness (QED) is 0.569. The van der Waals surface area contributed by atoms with Crippen molar-refractivity contribution in [1.29, 1.82) is 0 Å². The average Bonchev–Trinajstić information content (AvgIpc) is 3.28. The number of carbonyl (C=O) groups excluding carboxylic acids is 1. The number of benzene rings is 2. The molecule has 0 atom stereocenters. The number of para-hydroxylation sites is 1. The molecule has 0 saturated heterocycles. The molecule has 0 bridgehead atoms. The lowest BCUT2D eigenvalue weighted by Crippen LogP contribution is -2.11. The van der Waals surface area contributed by atoms with Crippen molar-refractivity contribution in [2.75, 3.05) is 12.4 Å². The SMILES string of the molecule is COc1ccc(C(=O)Nc2nc(-c3nc4ccccc4s3)cs2)cc1. The molecule has 2 aromatic heterocycles. The monoisotopic (exact) mass is 367 g/mol. The number of ether oxygens (including phenoxy) is 1. The molecule has 4 aromatic rings. The standard InChI is InChI=1S/C18H13N3O2S2/c1-23-12-8-6-11(7-9-12)16(22)21-18-20-14(10-24-18)17-19-13-4-2-3-5-15(13)25-17/h2-10H,1H3,(H,20,21,22). The molecule has 7 heteroatoms. The Morgan fingerprint density at radius 2 is 1.88 bits per heavy atom. The summed E-state index contributed by atoms with van der Waals surface area (Å²) in [6.45, 7) is 0. The molecule has 1 amide bonds. The van der Waals surface area contributed by atoms with E-state index >= 15 is 0 Å². The first-order valence-corrected chi connectivity index (χ1v) is 9.19. The maximum absolute atomic E-state index is 12.3. The molecule has 0 saturated carbocycles. The zero-order valence-corrected chi connectivity index (χ0v) is 14.9. The van der Waals surface area contributed by atoms with Gasteiger partial charge in [0.05, 0.1) is 17.3 Å². The highest BCUT2D eigenvalue weighted by atomic mass is 32.1. The van der Waals surface area contributed by atoms with Crippen molar-refractivity contribution in [2.24, 2.45) is 0 Å². The number of fused-ring (bicyclic) bond motifs is 1. The highest BCUT2D eigenvalue weighted by Gasteiger charge is 2.12. The van der Waals surface area contributed by atoms with Gasteiger partial charge in [-0.15, -0.1) is 22.7 Å². The maximum Gasteiger partial charge on any atom is 0.257 e. The minimum atomic E-state index is -0.201. The Labute approximate surface area is 152 Å². The molecule has 0 radical (unpaired) electrons. The highest BCUT2D eigenvalue weighted by molar-refractivity contribution is 7.22. The van der Waals surface area contributed by atoms with E-state index in [1.165, 1.54) is 11.3 Å². The lowest BCUT2D eigenvalue weighted by molar-refractivity contribution is 0.102. The fourth-order valence-corrected chi connectivity index (χ4v) is 4.01. The topological polar surface area (TPSA) is 64.1 Å². The lowest BCUT2D eigenvalue weighted by Gasteiger charge is -2.03. The van der Waals surface area contributed by atoms with E-state index in [4.69, 9.17) is 4.74 Å². The number of methoxy groups -OCH3 is 1. The summed E-state index contributed by atoms with van der Waals surface area (Å²) in [4.78, 5) is 21.4. The van der Waals surface area contributed by atoms with Crippen LogP contribution >= 0.6 is 22.7 Å². The predicted octanol–water partition coefficient (Wildman–Crippen LogP) is 4.68. The van der Waals surface area contributed by atoms with Crippen LogP contribution in [0.15, 0.2) is 53.9 Å². The Balaban J connectivity index is 1.53. The van der Waals surface area contributed by atoms with Gasteiger partial charge in [-0.25, -0.2) is 9.97 Å². The molecule has 2 heterocycles. The molecule has 2 aromatic carbocycles. The number of hydrogen-bond donors (Lipinski definition) is 1. The molecule has 4 rings (SSSR count). The van der Waals surface area contributed by atoms with Crippen LogP contribution in [0.2, 0.25) is 0 Å². The van der Waals surface area contributed by atoms with Gasteiger partial charge in [-0.1, -0.05) is 12.1 Å². The molecule has 0 spiro atoms. The van der Waals surface area contributed by atoms with E-state index in [1.54, 1.807) is 42.7 Å². The van der Waals surface area contributed by atoms with E-state index in [1.807, 2.05) is 29.6 Å². The lowest BCUT2D eigenvalue weighted by atomic mass is 10.2. The van der Waals surface area contributed by atoms with Crippen LogP contribution in [0.25, 0.3) is 20.9 Å². The van der Waals surface area contributed by atoms with Crippen LogP contribution in [0.3, 0.4) is 0 Å². The van der Waals surface area contributed by atoms with Gasteiger partial charge in [0.15, 0.2) is 5.13 Å². The molecule has 0 aliphatic carbocycles. The van der Waals surface area contributed by atoms with Crippen LogP contribution < -0.4 is 10.1 Å². The second-order valence-corrected chi connectivity index (χ2v) is 7.10. The Kier molecular flexibility index (Phi) is 4.17. The number of nitrogens with one attached hydrogen (secondary N) is 1. The molecule has 25 heavy (non-hydrogen) atoms. The van der Waals surface area contributed by atoms with E-state index in [9.17, 15) is 4.79 Å². The van der Waals surface area contributed by atoms with E-state index in [2.05, 4.69) is 15.3 Å². The number of amides is 1. The van der Waals surface area contributed by atoms with Crippen molar-refractivity contribution < 1.29 is 9.53 Å². The minimum absolute atomic E-state index is 0.201. The van der Waals surface area contributed by atoms with Crippen molar-refractivity contribution in [2.45, 2.75) is 0 Å². The van der Waals surface area contributed by atoms with E-state index in [0.717, 1.165) is 20.9 Å². The third-order valence-electron chi connectivity index (χ3n) is 3.59. The molecule has 5 nitrogen and oxygen atoms in total. The Morgan fingerprint density at radius 1 is 1.08 bits per heavy atom. The number of carbonyl (C=O) groups is 1. The van der Waals surface area contributed by atoms with Gasteiger partial charge in [-0.2, -0.15) is 0 Å². The molecular weight excluding hydrogens is 354 g/mol. The largest absolute Gasteiger partial charge is 0.497 e. The summed E-state index contributed by atoms with van der Waals surface area (Å²) in [7, 11) is 1.59. The van der Waals surface area contributed by atoms with E-state index in [0.29, 0.717) is 16.4 Å². The number of nitrogens with zero attached hydrogens (tertiary/aromatic N) is 2. The summed E-state index contributed by atoms with van der Waals surface area (Å²) in [6.07, 6.45) is 0. The minimum Gasteiger partial charge on any atom is -0.497 e. The molecule has 124 valence electrons.